The monoisotopic (exact) mass is 400 g/mol. The van der Waals surface area contributed by atoms with Crippen LogP contribution in [0, 0.1) is 0 Å². The Balaban J connectivity index is 1.49. The Bertz CT molecular complexity index is 705. The summed E-state index contributed by atoms with van der Waals surface area (Å²) in [6.07, 6.45) is 2.29. The van der Waals surface area contributed by atoms with Crippen LogP contribution in [-0.4, -0.2) is 93.0 Å². The van der Waals surface area contributed by atoms with Gasteiger partial charge in [0.2, 0.25) is 5.91 Å². The zero-order valence-electron chi connectivity index (χ0n) is 18.4. The molecule has 2 aliphatic heterocycles. The Hall–Kier alpha value is -2.28. The van der Waals surface area contributed by atoms with Crippen LogP contribution in [0.1, 0.15) is 25.3 Å². The quantitative estimate of drug-likeness (QED) is 0.599. The average Bonchev–Trinajstić information content (AvgIpc) is 3.28. The predicted molar refractivity (Wildman–Crippen MR) is 119 cm³/mol. The van der Waals surface area contributed by atoms with E-state index in [-0.39, 0.29) is 6.04 Å². The van der Waals surface area contributed by atoms with Gasteiger partial charge >= 0.3 is 0 Å². The van der Waals surface area contributed by atoms with Crippen LogP contribution in [-0.2, 0) is 11.3 Å². The van der Waals surface area contributed by atoms with Crippen molar-refractivity contribution in [1.29, 1.82) is 0 Å². The molecule has 160 valence electrons. The van der Waals surface area contributed by atoms with Crippen molar-refractivity contribution in [2.24, 2.45) is 4.99 Å². The Kier molecular flexibility index (Phi) is 7.36. The first-order valence-electron chi connectivity index (χ1n) is 10.7. The summed E-state index contributed by atoms with van der Waals surface area (Å²) in [5, 5.41) is 3.50. The lowest BCUT2D eigenvalue weighted by molar-refractivity contribution is -0.135. The third-order valence-electron chi connectivity index (χ3n) is 6.03. The van der Waals surface area contributed by atoms with Gasteiger partial charge in [-0.2, -0.15) is 0 Å². The molecule has 0 aromatic heterocycles. The summed E-state index contributed by atoms with van der Waals surface area (Å²) >= 11 is 0. The molecule has 3 rings (SSSR count). The zero-order chi connectivity index (χ0) is 20.8. The number of guanidine groups is 1. The number of nitrogens with one attached hydrogen (secondary N) is 1. The smallest absolute Gasteiger partial charge is 0.239 e. The van der Waals surface area contributed by atoms with Crippen LogP contribution in [0.4, 0.5) is 5.69 Å². The standard InChI is InChI=1S/C22H36N6O/c1-18(21(29)27-10-5-6-11-27)26-12-14-28(15-13-26)22(23-2)24-17-19-8-7-9-20(16-19)25(3)4/h7-9,16,18H,5-6,10-15,17H2,1-4H3,(H,23,24). The Labute approximate surface area is 175 Å². The Morgan fingerprint density at radius 2 is 1.79 bits per heavy atom. The van der Waals surface area contributed by atoms with E-state index in [0.29, 0.717) is 5.91 Å². The largest absolute Gasteiger partial charge is 0.378 e. The van der Waals surface area contributed by atoms with E-state index in [1.807, 2.05) is 11.9 Å². The van der Waals surface area contributed by atoms with Crippen LogP contribution in [0.3, 0.4) is 0 Å². The third-order valence-corrected chi connectivity index (χ3v) is 6.03. The highest BCUT2D eigenvalue weighted by Crippen LogP contribution is 2.15. The molecule has 1 atom stereocenters. The lowest BCUT2D eigenvalue weighted by Gasteiger charge is -2.39. The molecule has 1 N–H and O–H groups in total. The van der Waals surface area contributed by atoms with Gasteiger partial charge in [0.1, 0.15) is 0 Å². The van der Waals surface area contributed by atoms with Gasteiger partial charge < -0.3 is 20.0 Å². The summed E-state index contributed by atoms with van der Waals surface area (Å²) in [4.78, 5) is 25.9. The van der Waals surface area contributed by atoms with Crippen LogP contribution in [0.25, 0.3) is 0 Å². The molecular weight excluding hydrogens is 364 g/mol. The summed E-state index contributed by atoms with van der Waals surface area (Å²) in [5.74, 6) is 1.22. The lowest BCUT2D eigenvalue weighted by Crippen LogP contribution is -2.57. The molecule has 29 heavy (non-hydrogen) atoms. The van der Waals surface area contributed by atoms with Crippen LogP contribution in [0.5, 0.6) is 0 Å². The molecule has 0 bridgehead atoms. The van der Waals surface area contributed by atoms with Crippen LogP contribution >= 0.6 is 0 Å². The van der Waals surface area contributed by atoms with Gasteiger partial charge in [0.25, 0.3) is 0 Å². The van der Waals surface area contributed by atoms with Gasteiger partial charge in [-0.15, -0.1) is 0 Å². The van der Waals surface area contributed by atoms with Crippen molar-refractivity contribution in [2.45, 2.75) is 32.4 Å². The van der Waals surface area contributed by atoms with E-state index in [1.54, 1.807) is 0 Å². The summed E-state index contributed by atoms with van der Waals surface area (Å²) in [7, 11) is 5.95. The fourth-order valence-corrected chi connectivity index (χ4v) is 4.14. The molecule has 1 unspecified atom stereocenters. The highest BCUT2D eigenvalue weighted by molar-refractivity contribution is 5.82. The van der Waals surface area contributed by atoms with E-state index in [1.165, 1.54) is 11.3 Å². The molecule has 7 heteroatoms. The summed E-state index contributed by atoms with van der Waals surface area (Å²) in [6, 6.07) is 8.51. The van der Waals surface area contributed by atoms with Crippen LogP contribution < -0.4 is 10.2 Å². The van der Waals surface area contributed by atoms with Crippen molar-refractivity contribution >= 4 is 17.6 Å². The molecule has 2 aliphatic rings. The highest BCUT2D eigenvalue weighted by atomic mass is 16.2. The molecule has 0 aliphatic carbocycles. The molecule has 0 spiro atoms. The SMILES string of the molecule is CN=C(NCc1cccc(N(C)C)c1)N1CCN(C(C)C(=O)N2CCCC2)CC1. The lowest BCUT2D eigenvalue weighted by atomic mass is 10.2. The third kappa shape index (κ3) is 5.41. The molecule has 2 heterocycles. The number of carbonyl (C=O) groups is 1. The molecule has 7 nitrogen and oxygen atoms in total. The number of carbonyl (C=O) groups excluding carboxylic acids is 1. The highest BCUT2D eigenvalue weighted by Gasteiger charge is 2.30. The maximum atomic E-state index is 12.7. The Morgan fingerprint density at radius 3 is 2.41 bits per heavy atom. The van der Waals surface area contributed by atoms with Gasteiger partial charge in [-0.3, -0.25) is 14.7 Å². The number of nitrogens with zero attached hydrogens (tertiary/aromatic N) is 5. The van der Waals surface area contributed by atoms with Gasteiger partial charge in [-0.1, -0.05) is 12.1 Å². The fraction of sp³-hybridized carbons (Fsp3) is 0.636. The minimum atomic E-state index is -0.0287. The number of piperazine rings is 1. The average molecular weight is 401 g/mol. The predicted octanol–water partition coefficient (Wildman–Crippen LogP) is 1.46. The molecular formula is C22H36N6O. The van der Waals surface area contributed by atoms with E-state index in [4.69, 9.17) is 0 Å². The van der Waals surface area contributed by atoms with Crippen LogP contribution in [0.15, 0.2) is 29.3 Å². The number of benzene rings is 1. The Morgan fingerprint density at radius 1 is 1.10 bits per heavy atom. The summed E-state index contributed by atoms with van der Waals surface area (Å²) in [6.45, 7) is 8.20. The molecule has 1 aromatic carbocycles. The van der Waals surface area contributed by atoms with E-state index in [2.05, 4.69) is 70.3 Å². The molecule has 2 saturated heterocycles. The second kappa shape index (κ2) is 9.96. The fourth-order valence-electron chi connectivity index (χ4n) is 4.14. The number of hydrogen-bond acceptors (Lipinski definition) is 4. The minimum absolute atomic E-state index is 0.0287. The zero-order valence-corrected chi connectivity index (χ0v) is 18.4. The second-order valence-corrected chi connectivity index (χ2v) is 8.20. The first-order valence-corrected chi connectivity index (χ1v) is 10.7. The van der Waals surface area contributed by atoms with Crippen LogP contribution in [0.2, 0.25) is 0 Å². The second-order valence-electron chi connectivity index (χ2n) is 8.20. The van der Waals surface area contributed by atoms with Crippen molar-refractivity contribution in [2.75, 3.05) is 65.3 Å². The normalized spacial score (nSPS) is 19.4. The minimum Gasteiger partial charge on any atom is -0.378 e. The van der Waals surface area contributed by atoms with Crippen molar-refractivity contribution in [3.05, 3.63) is 29.8 Å². The molecule has 1 amide bonds. The summed E-state index contributed by atoms with van der Waals surface area (Å²) in [5.41, 5.74) is 2.44. The number of likely N-dealkylation sites (tertiary alicyclic amines) is 1. The van der Waals surface area contributed by atoms with E-state index < -0.39 is 0 Å². The van der Waals surface area contributed by atoms with Crippen molar-refractivity contribution in [1.82, 2.24) is 20.0 Å². The van der Waals surface area contributed by atoms with Crippen molar-refractivity contribution in [3.63, 3.8) is 0 Å². The molecule has 2 fully saturated rings. The number of anilines is 1. The number of rotatable bonds is 5. The number of hydrogen-bond donors (Lipinski definition) is 1. The maximum absolute atomic E-state index is 12.7. The van der Waals surface area contributed by atoms with Gasteiger partial charge in [0, 0.05) is 72.6 Å². The molecule has 0 saturated carbocycles. The van der Waals surface area contributed by atoms with E-state index >= 15 is 0 Å². The maximum Gasteiger partial charge on any atom is 0.239 e. The number of amides is 1. The van der Waals surface area contributed by atoms with E-state index in [0.717, 1.165) is 64.6 Å². The van der Waals surface area contributed by atoms with Crippen molar-refractivity contribution < 1.29 is 4.79 Å². The first-order chi connectivity index (χ1) is 14.0. The van der Waals surface area contributed by atoms with Crippen molar-refractivity contribution in [3.8, 4) is 0 Å². The molecule has 1 aromatic rings. The molecule has 0 radical (unpaired) electrons. The number of aliphatic imine (C=N–C) groups is 1. The van der Waals surface area contributed by atoms with Gasteiger partial charge in [0.15, 0.2) is 5.96 Å². The van der Waals surface area contributed by atoms with E-state index in [9.17, 15) is 4.79 Å². The summed E-state index contributed by atoms with van der Waals surface area (Å²) < 4.78 is 0. The topological polar surface area (TPSA) is 54.4 Å². The first kappa shape index (κ1) is 21.4. The van der Waals surface area contributed by atoms with Gasteiger partial charge in [0.05, 0.1) is 6.04 Å². The van der Waals surface area contributed by atoms with Gasteiger partial charge in [-0.25, -0.2) is 0 Å². The van der Waals surface area contributed by atoms with Gasteiger partial charge in [-0.05, 0) is 37.5 Å².